The lowest BCUT2D eigenvalue weighted by Crippen LogP contribution is -2.53. The number of nitrogens with zero attached hydrogens (tertiary/aromatic N) is 4. The molecule has 0 N–H and O–H groups in total. The summed E-state index contributed by atoms with van der Waals surface area (Å²) in [4.78, 5) is 23.6. The van der Waals surface area contributed by atoms with Gasteiger partial charge in [-0.15, -0.1) is 0 Å². The molecule has 5 rings (SSSR count). The van der Waals surface area contributed by atoms with Crippen LogP contribution >= 0.6 is 0 Å². The van der Waals surface area contributed by atoms with Crippen molar-refractivity contribution in [1.82, 2.24) is 14.5 Å². The highest BCUT2D eigenvalue weighted by atomic mass is 16.1. The van der Waals surface area contributed by atoms with Crippen LogP contribution in [-0.4, -0.2) is 27.2 Å². The first kappa shape index (κ1) is 21.9. The van der Waals surface area contributed by atoms with Gasteiger partial charge in [0.1, 0.15) is 0 Å². The molecule has 1 fully saturated rings. The van der Waals surface area contributed by atoms with Crippen molar-refractivity contribution < 1.29 is 0 Å². The SMILES string of the molecule is Cc1cccc(N2CN(C3CCCCC3C)Cn3c2nc(C)c(Cc2ccccc2)c3=O)c1. The number of anilines is 2. The molecule has 1 saturated carbocycles. The van der Waals surface area contributed by atoms with Gasteiger partial charge >= 0.3 is 0 Å². The third-order valence-electron chi connectivity index (χ3n) is 7.41. The molecule has 0 spiro atoms. The van der Waals surface area contributed by atoms with E-state index >= 15 is 0 Å². The number of aryl methyl sites for hydroxylation is 2. The maximum absolute atomic E-state index is 13.9. The Kier molecular flexibility index (Phi) is 6.07. The van der Waals surface area contributed by atoms with Crippen molar-refractivity contribution in [3.63, 3.8) is 0 Å². The van der Waals surface area contributed by atoms with Crippen molar-refractivity contribution in [2.45, 2.75) is 65.6 Å². The molecule has 2 heterocycles. The zero-order valence-electron chi connectivity index (χ0n) is 20.0. The monoisotopic (exact) mass is 442 g/mol. The van der Waals surface area contributed by atoms with Crippen LogP contribution in [-0.2, 0) is 13.1 Å². The Morgan fingerprint density at radius 1 is 0.970 bits per heavy atom. The topological polar surface area (TPSA) is 41.4 Å². The standard InChI is InChI=1S/C28H34N4O/c1-20-10-9-14-24(16-20)31-18-30(26-15-8-7-11-21(26)2)19-32-27(33)25(22(3)29-28(31)32)17-23-12-5-4-6-13-23/h4-6,9-10,12-14,16,21,26H,7-8,11,15,17-19H2,1-3H3. The quantitative estimate of drug-likeness (QED) is 0.543. The van der Waals surface area contributed by atoms with Gasteiger partial charge in [0, 0.05) is 23.7 Å². The van der Waals surface area contributed by atoms with Crippen molar-refractivity contribution in [3.05, 3.63) is 87.3 Å². The maximum atomic E-state index is 13.9. The fraction of sp³-hybridized carbons (Fsp3) is 0.429. The molecule has 1 aromatic heterocycles. The van der Waals surface area contributed by atoms with Gasteiger partial charge in [-0.3, -0.25) is 19.2 Å². The molecule has 0 saturated heterocycles. The van der Waals surface area contributed by atoms with Crippen molar-refractivity contribution in [2.24, 2.45) is 5.92 Å². The molecule has 0 radical (unpaired) electrons. The number of fused-ring (bicyclic) bond motifs is 1. The Morgan fingerprint density at radius 3 is 2.52 bits per heavy atom. The van der Waals surface area contributed by atoms with Crippen LogP contribution in [0.5, 0.6) is 0 Å². The second-order valence-electron chi connectivity index (χ2n) is 9.84. The smallest absolute Gasteiger partial charge is 0.259 e. The highest BCUT2D eigenvalue weighted by Gasteiger charge is 2.34. The molecule has 2 atom stereocenters. The number of aromatic nitrogens is 2. The lowest BCUT2D eigenvalue weighted by molar-refractivity contribution is 0.0723. The Bertz CT molecular complexity index is 1190. The van der Waals surface area contributed by atoms with E-state index in [0.717, 1.165) is 35.1 Å². The molecule has 172 valence electrons. The summed E-state index contributed by atoms with van der Waals surface area (Å²) in [5.41, 5.74) is 5.16. The molecule has 1 aliphatic heterocycles. The zero-order chi connectivity index (χ0) is 22.9. The second-order valence-corrected chi connectivity index (χ2v) is 9.84. The summed E-state index contributed by atoms with van der Waals surface area (Å²) in [5.74, 6) is 1.40. The third-order valence-corrected chi connectivity index (χ3v) is 7.41. The first-order valence-corrected chi connectivity index (χ1v) is 12.2. The first-order chi connectivity index (χ1) is 16.0. The Balaban J connectivity index is 1.60. The average Bonchev–Trinajstić information content (AvgIpc) is 2.82. The van der Waals surface area contributed by atoms with Gasteiger partial charge in [-0.05, 0) is 55.9 Å². The van der Waals surface area contributed by atoms with E-state index < -0.39 is 0 Å². The normalized spacial score (nSPS) is 21.1. The summed E-state index contributed by atoms with van der Waals surface area (Å²) in [5, 5.41) is 0. The summed E-state index contributed by atoms with van der Waals surface area (Å²) in [6.45, 7) is 7.84. The molecule has 3 aromatic rings. The first-order valence-electron chi connectivity index (χ1n) is 12.2. The van der Waals surface area contributed by atoms with E-state index in [0.29, 0.717) is 25.0 Å². The van der Waals surface area contributed by atoms with E-state index in [-0.39, 0.29) is 5.56 Å². The highest BCUT2D eigenvalue weighted by Crippen LogP contribution is 2.34. The van der Waals surface area contributed by atoms with Crippen LogP contribution < -0.4 is 10.5 Å². The fourth-order valence-corrected chi connectivity index (χ4v) is 5.54. The summed E-state index contributed by atoms with van der Waals surface area (Å²) in [6, 6.07) is 19.2. The third kappa shape index (κ3) is 4.34. The van der Waals surface area contributed by atoms with Crippen LogP contribution in [0, 0.1) is 19.8 Å². The minimum atomic E-state index is 0.0900. The number of rotatable bonds is 4. The van der Waals surface area contributed by atoms with Crippen molar-refractivity contribution in [1.29, 1.82) is 0 Å². The maximum Gasteiger partial charge on any atom is 0.259 e. The summed E-state index contributed by atoms with van der Waals surface area (Å²) in [7, 11) is 0. The minimum absolute atomic E-state index is 0.0900. The van der Waals surface area contributed by atoms with Crippen LogP contribution in [0.25, 0.3) is 0 Å². The molecule has 0 bridgehead atoms. The predicted octanol–water partition coefficient (Wildman–Crippen LogP) is 5.40. The fourth-order valence-electron chi connectivity index (χ4n) is 5.54. The molecule has 2 aliphatic rings. The van der Waals surface area contributed by atoms with Crippen molar-refractivity contribution in [2.75, 3.05) is 11.6 Å². The lowest BCUT2D eigenvalue weighted by atomic mass is 9.85. The molecular formula is C28H34N4O. The summed E-state index contributed by atoms with van der Waals surface area (Å²) in [6.07, 6.45) is 5.65. The second kappa shape index (κ2) is 9.14. The van der Waals surface area contributed by atoms with Crippen LogP contribution in [0.1, 0.15) is 55.0 Å². The minimum Gasteiger partial charge on any atom is -0.298 e. The molecule has 5 heteroatoms. The average molecular weight is 443 g/mol. The number of hydrogen-bond acceptors (Lipinski definition) is 4. The van der Waals surface area contributed by atoms with Crippen LogP contribution in [0.2, 0.25) is 0 Å². The Labute approximate surface area is 196 Å². The molecule has 2 unspecified atom stereocenters. The predicted molar refractivity (Wildman–Crippen MR) is 134 cm³/mol. The van der Waals surface area contributed by atoms with E-state index in [1.165, 1.54) is 31.2 Å². The molecule has 2 aromatic carbocycles. The van der Waals surface area contributed by atoms with Gasteiger partial charge in [0.25, 0.3) is 5.56 Å². The van der Waals surface area contributed by atoms with Gasteiger partial charge < -0.3 is 0 Å². The van der Waals surface area contributed by atoms with Gasteiger partial charge in [0.2, 0.25) is 5.95 Å². The van der Waals surface area contributed by atoms with Gasteiger partial charge in [0.05, 0.1) is 19.0 Å². The van der Waals surface area contributed by atoms with Gasteiger partial charge in [-0.25, -0.2) is 4.98 Å². The van der Waals surface area contributed by atoms with E-state index in [2.05, 4.69) is 60.0 Å². The summed E-state index contributed by atoms with van der Waals surface area (Å²) >= 11 is 0. The molecule has 0 amide bonds. The van der Waals surface area contributed by atoms with Gasteiger partial charge in [-0.2, -0.15) is 0 Å². The molecule has 1 aliphatic carbocycles. The van der Waals surface area contributed by atoms with E-state index in [9.17, 15) is 4.79 Å². The molecule has 33 heavy (non-hydrogen) atoms. The van der Waals surface area contributed by atoms with Gasteiger partial charge in [0.15, 0.2) is 0 Å². The van der Waals surface area contributed by atoms with Crippen LogP contribution in [0.15, 0.2) is 59.4 Å². The molecular weight excluding hydrogens is 408 g/mol. The number of benzene rings is 2. The van der Waals surface area contributed by atoms with E-state index in [1.54, 1.807) is 0 Å². The summed E-state index contributed by atoms with van der Waals surface area (Å²) < 4.78 is 1.92. The number of hydrogen-bond donors (Lipinski definition) is 0. The zero-order valence-corrected chi connectivity index (χ0v) is 20.0. The van der Waals surface area contributed by atoms with Crippen molar-refractivity contribution in [3.8, 4) is 0 Å². The van der Waals surface area contributed by atoms with Crippen LogP contribution in [0.3, 0.4) is 0 Å². The highest BCUT2D eigenvalue weighted by molar-refractivity contribution is 5.59. The van der Waals surface area contributed by atoms with Crippen molar-refractivity contribution >= 4 is 11.6 Å². The largest absolute Gasteiger partial charge is 0.298 e. The lowest BCUT2D eigenvalue weighted by Gasteiger charge is -2.45. The van der Waals surface area contributed by atoms with Crippen LogP contribution in [0.4, 0.5) is 11.6 Å². The van der Waals surface area contributed by atoms with Gasteiger partial charge in [-0.1, -0.05) is 62.2 Å². The Hall–Kier alpha value is -2.92. The molecule has 5 nitrogen and oxygen atoms in total. The van der Waals surface area contributed by atoms with E-state index in [4.69, 9.17) is 4.98 Å². The van der Waals surface area contributed by atoms with E-state index in [1.807, 2.05) is 29.7 Å². The Morgan fingerprint density at radius 2 is 1.76 bits per heavy atom.